The normalized spacial score (nSPS) is 27.3. The lowest BCUT2D eigenvalue weighted by Gasteiger charge is -2.34. The summed E-state index contributed by atoms with van der Waals surface area (Å²) in [5.74, 6) is 0.859. The molecule has 1 aliphatic heterocycles. The number of rotatable bonds is 4. The van der Waals surface area contributed by atoms with Gasteiger partial charge in [-0.05, 0) is 55.7 Å². The Morgan fingerprint density at radius 3 is 2.48 bits per heavy atom. The first-order valence-corrected chi connectivity index (χ1v) is 11.7. The van der Waals surface area contributed by atoms with Crippen molar-refractivity contribution in [3.8, 4) is 0 Å². The second kappa shape index (κ2) is 8.31. The summed E-state index contributed by atoms with van der Waals surface area (Å²) in [5.41, 5.74) is 1.12. The van der Waals surface area contributed by atoms with Crippen molar-refractivity contribution in [2.24, 2.45) is 11.8 Å². The number of hydrogen-bond donors (Lipinski definition) is 1. The van der Waals surface area contributed by atoms with Crippen molar-refractivity contribution in [1.82, 2.24) is 9.62 Å². The van der Waals surface area contributed by atoms with Crippen LogP contribution in [0.1, 0.15) is 68.3 Å². The van der Waals surface area contributed by atoms with Crippen LogP contribution in [0.3, 0.4) is 0 Å². The fourth-order valence-corrected chi connectivity index (χ4v) is 6.07. The lowest BCUT2D eigenvalue weighted by atomic mass is 9.78. The van der Waals surface area contributed by atoms with Crippen LogP contribution in [-0.4, -0.2) is 37.8 Å². The lowest BCUT2D eigenvalue weighted by molar-refractivity contribution is 0.0891. The van der Waals surface area contributed by atoms with E-state index < -0.39 is 10.0 Å². The quantitative estimate of drug-likeness (QED) is 0.849. The molecule has 1 aliphatic carbocycles. The second-order valence-electron chi connectivity index (χ2n) is 8.29. The largest absolute Gasteiger partial charge is 0.349 e. The lowest BCUT2D eigenvalue weighted by Crippen LogP contribution is -2.43. The van der Waals surface area contributed by atoms with Gasteiger partial charge in [0.05, 0.1) is 4.90 Å². The van der Waals surface area contributed by atoms with Crippen LogP contribution in [0.25, 0.3) is 0 Å². The van der Waals surface area contributed by atoms with Crippen LogP contribution in [0, 0.1) is 18.8 Å². The molecule has 1 saturated heterocycles. The number of carbonyl (C=O) groups is 1. The van der Waals surface area contributed by atoms with Crippen molar-refractivity contribution in [3.05, 3.63) is 29.3 Å². The van der Waals surface area contributed by atoms with E-state index in [9.17, 15) is 13.2 Å². The predicted octanol–water partition coefficient (Wildman–Crippen LogP) is 3.72. The molecule has 2 fully saturated rings. The van der Waals surface area contributed by atoms with Crippen LogP contribution in [0.2, 0.25) is 0 Å². The first kappa shape index (κ1) is 20.3. The molecule has 1 N–H and O–H groups in total. The first-order chi connectivity index (χ1) is 12.8. The van der Waals surface area contributed by atoms with Crippen molar-refractivity contribution in [2.45, 2.75) is 70.2 Å². The van der Waals surface area contributed by atoms with Crippen LogP contribution >= 0.6 is 0 Å². The van der Waals surface area contributed by atoms with E-state index in [0.717, 1.165) is 32.1 Å². The number of benzene rings is 1. The van der Waals surface area contributed by atoms with Gasteiger partial charge in [-0.15, -0.1) is 0 Å². The summed E-state index contributed by atoms with van der Waals surface area (Å²) >= 11 is 0. The van der Waals surface area contributed by atoms with Crippen LogP contribution in [0.15, 0.2) is 23.1 Å². The third kappa shape index (κ3) is 4.37. The topological polar surface area (TPSA) is 66.5 Å². The molecule has 5 nitrogen and oxygen atoms in total. The molecule has 0 bridgehead atoms. The molecule has 1 aromatic carbocycles. The van der Waals surface area contributed by atoms with Gasteiger partial charge >= 0.3 is 0 Å². The third-order valence-corrected chi connectivity index (χ3v) is 8.45. The highest BCUT2D eigenvalue weighted by molar-refractivity contribution is 7.89. The van der Waals surface area contributed by atoms with Crippen molar-refractivity contribution in [2.75, 3.05) is 13.1 Å². The van der Waals surface area contributed by atoms with Crippen LogP contribution < -0.4 is 5.32 Å². The summed E-state index contributed by atoms with van der Waals surface area (Å²) in [6.45, 7) is 7.35. The molecule has 3 atom stereocenters. The van der Waals surface area contributed by atoms with Gasteiger partial charge in [-0.25, -0.2) is 8.42 Å². The fraction of sp³-hybridized carbons (Fsp3) is 0.667. The summed E-state index contributed by atoms with van der Waals surface area (Å²) in [6, 6.07) is 5.20. The number of hydrogen-bond acceptors (Lipinski definition) is 3. The van der Waals surface area contributed by atoms with Gasteiger partial charge in [-0.2, -0.15) is 4.31 Å². The number of sulfonamides is 1. The van der Waals surface area contributed by atoms with E-state index in [2.05, 4.69) is 19.2 Å². The van der Waals surface area contributed by atoms with Gasteiger partial charge < -0.3 is 5.32 Å². The van der Waals surface area contributed by atoms with Gasteiger partial charge in [0.2, 0.25) is 10.0 Å². The number of nitrogens with zero attached hydrogens (tertiary/aromatic N) is 1. The standard InChI is InChI=1S/C21H32N2O3S/c1-15-8-7-9-19(17(15)3)22-21(24)18-11-10-16(2)20(14-18)27(25,26)23-12-5-4-6-13-23/h10-11,14-15,17,19H,4-9,12-13H2,1-3H3,(H,22,24)/t15-,17+,19-/m1/s1. The van der Waals surface area contributed by atoms with E-state index in [1.54, 1.807) is 29.4 Å². The van der Waals surface area contributed by atoms with Crippen molar-refractivity contribution < 1.29 is 13.2 Å². The number of piperidine rings is 1. The summed E-state index contributed by atoms with van der Waals surface area (Å²) in [4.78, 5) is 13.1. The maximum atomic E-state index is 13.1. The fourth-order valence-electron chi connectivity index (χ4n) is 4.30. The van der Waals surface area contributed by atoms with Gasteiger partial charge in [0, 0.05) is 24.7 Å². The van der Waals surface area contributed by atoms with E-state index in [-0.39, 0.29) is 16.8 Å². The Hall–Kier alpha value is -1.40. The molecule has 1 heterocycles. The molecular weight excluding hydrogens is 360 g/mol. The number of nitrogens with one attached hydrogen (secondary N) is 1. The molecule has 1 amide bonds. The minimum absolute atomic E-state index is 0.157. The predicted molar refractivity (Wildman–Crippen MR) is 107 cm³/mol. The number of aryl methyl sites for hydroxylation is 1. The molecule has 3 rings (SSSR count). The summed E-state index contributed by atoms with van der Waals surface area (Å²) < 4.78 is 27.7. The molecule has 150 valence electrons. The molecule has 0 spiro atoms. The highest BCUT2D eigenvalue weighted by atomic mass is 32.2. The Balaban J connectivity index is 1.81. The van der Waals surface area contributed by atoms with Crippen molar-refractivity contribution in [1.29, 1.82) is 0 Å². The average Bonchev–Trinajstić information content (AvgIpc) is 2.66. The average molecular weight is 393 g/mol. The van der Waals surface area contributed by atoms with Crippen LogP contribution in [0.5, 0.6) is 0 Å². The molecular formula is C21H32N2O3S. The van der Waals surface area contributed by atoms with Gasteiger partial charge in [-0.1, -0.05) is 39.2 Å². The number of carbonyl (C=O) groups excluding carboxylic acids is 1. The Morgan fingerprint density at radius 1 is 1.07 bits per heavy atom. The Labute approximate surface area is 163 Å². The summed E-state index contributed by atoms with van der Waals surface area (Å²) in [5, 5.41) is 3.15. The summed E-state index contributed by atoms with van der Waals surface area (Å²) in [7, 11) is -3.55. The zero-order chi connectivity index (χ0) is 19.6. The van der Waals surface area contributed by atoms with Gasteiger partial charge in [0.25, 0.3) is 5.91 Å². The van der Waals surface area contributed by atoms with Gasteiger partial charge in [0.1, 0.15) is 0 Å². The highest BCUT2D eigenvalue weighted by Crippen LogP contribution is 2.30. The Morgan fingerprint density at radius 2 is 1.78 bits per heavy atom. The SMILES string of the molecule is Cc1ccc(C(=O)N[C@@H]2CCC[C@@H](C)[C@@H]2C)cc1S(=O)(=O)N1CCCCC1. The summed E-state index contributed by atoms with van der Waals surface area (Å²) in [6.07, 6.45) is 6.19. The molecule has 2 aliphatic rings. The molecule has 0 aromatic heterocycles. The maximum absolute atomic E-state index is 13.1. The minimum atomic E-state index is -3.55. The van der Waals surface area contributed by atoms with E-state index in [0.29, 0.717) is 36.1 Å². The molecule has 6 heteroatoms. The Bertz CT molecular complexity index is 785. The second-order valence-corrected chi connectivity index (χ2v) is 10.2. The first-order valence-electron chi connectivity index (χ1n) is 10.2. The smallest absolute Gasteiger partial charge is 0.251 e. The van der Waals surface area contributed by atoms with E-state index >= 15 is 0 Å². The zero-order valence-corrected chi connectivity index (χ0v) is 17.5. The Kier molecular flexibility index (Phi) is 6.26. The van der Waals surface area contributed by atoms with Crippen LogP contribution in [-0.2, 0) is 10.0 Å². The third-order valence-electron chi connectivity index (χ3n) is 6.41. The van der Waals surface area contributed by atoms with Crippen molar-refractivity contribution in [3.63, 3.8) is 0 Å². The van der Waals surface area contributed by atoms with Crippen LogP contribution in [0.4, 0.5) is 0 Å². The van der Waals surface area contributed by atoms with E-state index in [1.165, 1.54) is 6.42 Å². The number of amides is 1. The maximum Gasteiger partial charge on any atom is 0.251 e. The minimum Gasteiger partial charge on any atom is -0.349 e. The molecule has 1 aromatic rings. The molecule has 1 saturated carbocycles. The highest BCUT2D eigenvalue weighted by Gasteiger charge is 2.30. The molecule has 27 heavy (non-hydrogen) atoms. The van der Waals surface area contributed by atoms with Crippen molar-refractivity contribution >= 4 is 15.9 Å². The monoisotopic (exact) mass is 392 g/mol. The molecule has 0 unspecified atom stereocenters. The van der Waals surface area contributed by atoms with Gasteiger partial charge in [-0.3, -0.25) is 4.79 Å². The van der Waals surface area contributed by atoms with E-state index in [4.69, 9.17) is 0 Å². The van der Waals surface area contributed by atoms with Gasteiger partial charge in [0.15, 0.2) is 0 Å². The zero-order valence-electron chi connectivity index (χ0n) is 16.7. The molecule has 0 radical (unpaired) electrons. The van der Waals surface area contributed by atoms with E-state index in [1.807, 2.05) is 0 Å².